The van der Waals surface area contributed by atoms with Crippen molar-refractivity contribution in [3.63, 3.8) is 0 Å². The molecular weight excluding hydrogens is 212 g/mol. The van der Waals surface area contributed by atoms with Gasteiger partial charge < -0.3 is 16.2 Å². The van der Waals surface area contributed by atoms with E-state index in [4.69, 9.17) is 16.2 Å². The summed E-state index contributed by atoms with van der Waals surface area (Å²) >= 11 is 1.35. The first-order chi connectivity index (χ1) is 7.13. The molecule has 0 radical (unpaired) electrons. The molecule has 1 aromatic heterocycles. The van der Waals surface area contributed by atoms with Gasteiger partial charge in [0, 0.05) is 10.1 Å². The van der Waals surface area contributed by atoms with E-state index in [9.17, 15) is 4.79 Å². The Balaban J connectivity index is 2.77. The standard InChI is InChI=1S/C10H10N2O2S/c1-14-5-2-3-7-6(4-5)8(9(11)13)10(12)15-7/h2-4H,12H2,1H3,(H2,11,13). The zero-order valence-corrected chi connectivity index (χ0v) is 8.93. The summed E-state index contributed by atoms with van der Waals surface area (Å²) in [5, 5.41) is 1.20. The van der Waals surface area contributed by atoms with Crippen LogP contribution in [-0.2, 0) is 0 Å². The maximum Gasteiger partial charge on any atom is 0.252 e. The Morgan fingerprint density at radius 2 is 2.20 bits per heavy atom. The van der Waals surface area contributed by atoms with Gasteiger partial charge in [-0.15, -0.1) is 11.3 Å². The Kier molecular flexibility index (Phi) is 2.24. The van der Waals surface area contributed by atoms with Crippen molar-refractivity contribution in [1.82, 2.24) is 0 Å². The van der Waals surface area contributed by atoms with Crippen molar-refractivity contribution in [2.24, 2.45) is 5.73 Å². The van der Waals surface area contributed by atoms with Crippen LogP contribution in [0.5, 0.6) is 5.75 Å². The van der Waals surface area contributed by atoms with E-state index < -0.39 is 5.91 Å². The minimum absolute atomic E-state index is 0.383. The molecule has 2 rings (SSSR count). The van der Waals surface area contributed by atoms with Gasteiger partial charge in [-0.3, -0.25) is 4.79 Å². The van der Waals surface area contributed by atoms with Crippen LogP contribution in [0.4, 0.5) is 5.00 Å². The van der Waals surface area contributed by atoms with Gasteiger partial charge >= 0.3 is 0 Å². The van der Waals surface area contributed by atoms with Crippen LogP contribution in [-0.4, -0.2) is 13.0 Å². The number of anilines is 1. The summed E-state index contributed by atoms with van der Waals surface area (Å²) < 4.78 is 6.01. The number of thiophene rings is 1. The molecule has 0 bridgehead atoms. The van der Waals surface area contributed by atoms with E-state index in [1.54, 1.807) is 13.2 Å². The number of methoxy groups -OCH3 is 1. The number of primary amides is 1. The summed E-state index contributed by atoms with van der Waals surface area (Å²) in [7, 11) is 1.57. The number of hydrogen-bond donors (Lipinski definition) is 2. The second kappa shape index (κ2) is 3.43. The molecule has 2 aromatic rings. The summed E-state index contributed by atoms with van der Waals surface area (Å²) in [6.07, 6.45) is 0. The molecule has 0 atom stereocenters. The molecule has 0 fully saturated rings. The molecule has 5 heteroatoms. The largest absolute Gasteiger partial charge is 0.497 e. The average Bonchev–Trinajstić information content (AvgIpc) is 2.52. The molecular formula is C10H10N2O2S. The molecule has 0 unspecified atom stereocenters. The van der Waals surface area contributed by atoms with E-state index >= 15 is 0 Å². The van der Waals surface area contributed by atoms with Crippen LogP contribution in [0.1, 0.15) is 10.4 Å². The molecule has 0 spiro atoms. The number of benzene rings is 1. The van der Waals surface area contributed by atoms with Crippen molar-refractivity contribution in [2.75, 3.05) is 12.8 Å². The highest BCUT2D eigenvalue weighted by Crippen LogP contribution is 2.35. The van der Waals surface area contributed by atoms with Gasteiger partial charge in [-0.05, 0) is 18.2 Å². The first kappa shape index (κ1) is 9.79. The van der Waals surface area contributed by atoms with Gasteiger partial charge in [-0.1, -0.05) is 0 Å². The van der Waals surface area contributed by atoms with E-state index in [0.29, 0.717) is 16.3 Å². The zero-order valence-electron chi connectivity index (χ0n) is 8.11. The maximum atomic E-state index is 11.2. The second-order valence-corrected chi connectivity index (χ2v) is 4.15. The van der Waals surface area contributed by atoms with Gasteiger partial charge in [0.05, 0.1) is 17.7 Å². The number of amides is 1. The topological polar surface area (TPSA) is 78.3 Å². The first-order valence-electron chi connectivity index (χ1n) is 4.29. The third kappa shape index (κ3) is 1.50. The van der Waals surface area contributed by atoms with E-state index in [1.807, 2.05) is 12.1 Å². The second-order valence-electron chi connectivity index (χ2n) is 3.07. The minimum Gasteiger partial charge on any atom is -0.497 e. The molecule has 1 amide bonds. The molecule has 78 valence electrons. The molecule has 0 aliphatic rings. The lowest BCUT2D eigenvalue weighted by Crippen LogP contribution is -2.11. The lowest BCUT2D eigenvalue weighted by Gasteiger charge is -1.99. The summed E-state index contributed by atoms with van der Waals surface area (Å²) in [6.45, 7) is 0. The normalized spacial score (nSPS) is 10.5. The number of carbonyl (C=O) groups excluding carboxylic acids is 1. The summed E-state index contributed by atoms with van der Waals surface area (Å²) in [4.78, 5) is 11.2. The van der Waals surface area contributed by atoms with E-state index in [2.05, 4.69) is 0 Å². The lowest BCUT2D eigenvalue weighted by molar-refractivity contribution is 0.100. The SMILES string of the molecule is COc1ccc2sc(N)c(C(N)=O)c2c1. The third-order valence-corrected chi connectivity index (χ3v) is 3.17. The molecule has 15 heavy (non-hydrogen) atoms. The van der Waals surface area contributed by atoms with E-state index in [1.165, 1.54) is 11.3 Å². The van der Waals surface area contributed by atoms with Gasteiger partial charge in [0.1, 0.15) is 5.75 Å². The molecule has 1 aromatic carbocycles. The first-order valence-corrected chi connectivity index (χ1v) is 5.11. The number of nitrogens with two attached hydrogens (primary N) is 2. The molecule has 4 N–H and O–H groups in total. The quantitative estimate of drug-likeness (QED) is 0.809. The Morgan fingerprint density at radius 3 is 2.80 bits per heavy atom. The van der Waals surface area contributed by atoms with Crippen LogP contribution in [0.2, 0.25) is 0 Å². The average molecular weight is 222 g/mol. The summed E-state index contributed by atoms with van der Waals surface area (Å²) in [6, 6.07) is 5.45. The van der Waals surface area contributed by atoms with Crippen LogP contribution < -0.4 is 16.2 Å². The molecule has 4 nitrogen and oxygen atoms in total. The van der Waals surface area contributed by atoms with Gasteiger partial charge in [0.15, 0.2) is 0 Å². The lowest BCUT2D eigenvalue weighted by atomic mass is 10.1. The van der Waals surface area contributed by atoms with Crippen molar-refractivity contribution >= 4 is 32.3 Å². The number of ether oxygens (including phenoxy) is 1. The van der Waals surface area contributed by atoms with Crippen molar-refractivity contribution in [3.05, 3.63) is 23.8 Å². The summed E-state index contributed by atoms with van der Waals surface area (Å²) in [5.74, 6) is 0.176. The number of rotatable bonds is 2. The summed E-state index contributed by atoms with van der Waals surface area (Å²) in [5.41, 5.74) is 11.4. The third-order valence-electron chi connectivity index (χ3n) is 2.17. The van der Waals surface area contributed by atoms with Gasteiger partial charge in [0.25, 0.3) is 5.91 Å². The Labute approximate surface area is 90.4 Å². The molecule has 1 heterocycles. The number of fused-ring (bicyclic) bond motifs is 1. The highest BCUT2D eigenvalue weighted by Gasteiger charge is 2.14. The van der Waals surface area contributed by atoms with Crippen LogP contribution in [0.25, 0.3) is 10.1 Å². The predicted octanol–water partition coefficient (Wildman–Crippen LogP) is 1.59. The monoisotopic (exact) mass is 222 g/mol. The van der Waals surface area contributed by atoms with Crippen LogP contribution in [0.15, 0.2) is 18.2 Å². The fourth-order valence-corrected chi connectivity index (χ4v) is 2.43. The number of carbonyl (C=O) groups is 1. The fraction of sp³-hybridized carbons (Fsp3) is 0.100. The number of hydrogen-bond acceptors (Lipinski definition) is 4. The van der Waals surface area contributed by atoms with Crippen LogP contribution >= 0.6 is 11.3 Å². The smallest absolute Gasteiger partial charge is 0.252 e. The predicted molar refractivity (Wildman–Crippen MR) is 61.3 cm³/mol. The van der Waals surface area contributed by atoms with Crippen LogP contribution in [0, 0.1) is 0 Å². The van der Waals surface area contributed by atoms with E-state index in [-0.39, 0.29) is 0 Å². The van der Waals surface area contributed by atoms with Crippen molar-refractivity contribution < 1.29 is 9.53 Å². The highest BCUT2D eigenvalue weighted by molar-refractivity contribution is 7.23. The Morgan fingerprint density at radius 1 is 1.47 bits per heavy atom. The highest BCUT2D eigenvalue weighted by atomic mass is 32.1. The molecule has 0 aliphatic heterocycles. The fourth-order valence-electron chi connectivity index (χ4n) is 1.48. The van der Waals surface area contributed by atoms with Gasteiger partial charge in [0.2, 0.25) is 0 Å². The molecule has 0 saturated carbocycles. The van der Waals surface area contributed by atoms with Gasteiger partial charge in [-0.25, -0.2) is 0 Å². The Bertz CT molecular complexity index is 533. The van der Waals surface area contributed by atoms with Crippen LogP contribution in [0.3, 0.4) is 0 Å². The van der Waals surface area contributed by atoms with Crippen molar-refractivity contribution in [2.45, 2.75) is 0 Å². The van der Waals surface area contributed by atoms with Crippen molar-refractivity contribution in [1.29, 1.82) is 0 Å². The van der Waals surface area contributed by atoms with Gasteiger partial charge in [-0.2, -0.15) is 0 Å². The van der Waals surface area contributed by atoms with Crippen molar-refractivity contribution in [3.8, 4) is 5.75 Å². The number of nitrogen functional groups attached to an aromatic ring is 1. The molecule has 0 aliphatic carbocycles. The van der Waals surface area contributed by atoms with E-state index in [0.717, 1.165) is 10.1 Å². The zero-order chi connectivity index (χ0) is 11.0. The minimum atomic E-state index is -0.507. The molecule has 0 saturated heterocycles. The Hall–Kier alpha value is -1.75. The maximum absolute atomic E-state index is 11.2.